The zero-order chi connectivity index (χ0) is 23.0. The first kappa shape index (κ1) is 22.2. The predicted octanol–water partition coefficient (Wildman–Crippen LogP) is 0.919. The molecule has 0 fully saturated rings. The second-order valence-corrected chi connectivity index (χ2v) is 7.05. The van der Waals surface area contributed by atoms with Gasteiger partial charge in [-0.2, -0.15) is 9.61 Å². The minimum absolute atomic E-state index is 0.143. The normalized spacial score (nSPS) is 11.0. The van der Waals surface area contributed by atoms with Crippen molar-refractivity contribution in [2.45, 2.75) is 6.42 Å². The Morgan fingerprint density at radius 3 is 2.76 bits per heavy atom. The predicted molar refractivity (Wildman–Crippen MR) is 118 cm³/mol. The lowest BCUT2D eigenvalue weighted by atomic mass is 10.1. The number of nitrogens with one attached hydrogen (secondary N) is 1. The minimum atomic E-state index is -0.376. The van der Waals surface area contributed by atoms with Crippen LogP contribution in [0.25, 0.3) is 17.0 Å². The molecule has 11 nitrogen and oxygen atoms in total. The summed E-state index contributed by atoms with van der Waals surface area (Å²) >= 11 is 0. The Balaban J connectivity index is 1.52. The Labute approximate surface area is 189 Å². The van der Waals surface area contributed by atoms with Gasteiger partial charge in [0.1, 0.15) is 12.3 Å². The maximum absolute atomic E-state index is 12.2. The molecule has 0 saturated carbocycles. The van der Waals surface area contributed by atoms with Gasteiger partial charge in [-0.3, -0.25) is 4.79 Å². The molecule has 170 valence electrons. The quantitative estimate of drug-likeness (QED) is 0.339. The van der Waals surface area contributed by atoms with Crippen LogP contribution in [0.2, 0.25) is 0 Å². The van der Waals surface area contributed by atoms with Crippen molar-refractivity contribution >= 4 is 11.6 Å². The van der Waals surface area contributed by atoms with Gasteiger partial charge >= 0.3 is 0 Å². The minimum Gasteiger partial charge on any atom is -0.488 e. The van der Waals surface area contributed by atoms with E-state index in [4.69, 9.17) is 14.6 Å². The van der Waals surface area contributed by atoms with Crippen LogP contribution in [0, 0.1) is 0 Å². The molecule has 0 bridgehead atoms. The van der Waals surface area contributed by atoms with Gasteiger partial charge in [-0.15, -0.1) is 10.2 Å². The lowest BCUT2D eigenvalue weighted by Gasteiger charge is -2.07. The SMILES string of the molecule is COCCOc1cnc(-c2cccc(Cc3nnc4ccc(C(=O)NCCO)nn34)c2)nc1. The molecular weight excluding hydrogens is 426 g/mol. The fourth-order valence-corrected chi connectivity index (χ4v) is 3.11. The highest BCUT2D eigenvalue weighted by Gasteiger charge is 2.13. The van der Waals surface area contributed by atoms with E-state index in [1.807, 2.05) is 24.3 Å². The van der Waals surface area contributed by atoms with Crippen LogP contribution in [0.3, 0.4) is 0 Å². The molecule has 2 N–H and O–H groups in total. The number of aliphatic hydroxyl groups is 1. The molecule has 0 aliphatic rings. The first-order valence-corrected chi connectivity index (χ1v) is 10.3. The van der Waals surface area contributed by atoms with Crippen molar-refractivity contribution in [1.82, 2.24) is 35.1 Å². The third kappa shape index (κ3) is 5.45. The number of aliphatic hydroxyl groups excluding tert-OH is 1. The molecule has 1 aromatic carbocycles. The van der Waals surface area contributed by atoms with Gasteiger partial charge in [0, 0.05) is 25.6 Å². The van der Waals surface area contributed by atoms with Gasteiger partial charge in [-0.05, 0) is 23.8 Å². The fraction of sp³-hybridized carbons (Fsp3) is 0.273. The Hall–Kier alpha value is -3.96. The number of rotatable bonds is 10. The lowest BCUT2D eigenvalue weighted by molar-refractivity contribution is 0.0938. The summed E-state index contributed by atoms with van der Waals surface area (Å²) < 4.78 is 12.0. The van der Waals surface area contributed by atoms with Crippen molar-refractivity contribution < 1.29 is 19.4 Å². The van der Waals surface area contributed by atoms with E-state index in [0.29, 0.717) is 42.7 Å². The third-order valence-electron chi connectivity index (χ3n) is 4.69. The Bertz CT molecular complexity index is 1230. The maximum Gasteiger partial charge on any atom is 0.271 e. The van der Waals surface area contributed by atoms with E-state index >= 15 is 0 Å². The molecule has 4 rings (SSSR count). The Morgan fingerprint density at radius 2 is 1.97 bits per heavy atom. The Morgan fingerprint density at radius 1 is 1.12 bits per heavy atom. The molecule has 3 heterocycles. The summed E-state index contributed by atoms with van der Waals surface area (Å²) in [5.74, 6) is 1.36. The van der Waals surface area contributed by atoms with E-state index in [2.05, 4.69) is 30.6 Å². The molecular formula is C22H23N7O4. The van der Waals surface area contributed by atoms with Gasteiger partial charge in [0.05, 0.1) is 25.6 Å². The van der Waals surface area contributed by atoms with Crippen molar-refractivity contribution in [2.24, 2.45) is 0 Å². The third-order valence-corrected chi connectivity index (χ3v) is 4.69. The average Bonchev–Trinajstić information content (AvgIpc) is 3.25. The monoisotopic (exact) mass is 449 g/mol. The number of amides is 1. The second-order valence-electron chi connectivity index (χ2n) is 7.05. The van der Waals surface area contributed by atoms with Gasteiger partial charge in [0.2, 0.25) is 0 Å². The summed E-state index contributed by atoms with van der Waals surface area (Å²) in [6, 6.07) is 11.0. The van der Waals surface area contributed by atoms with Crippen LogP contribution in [0.1, 0.15) is 21.9 Å². The summed E-state index contributed by atoms with van der Waals surface area (Å²) in [7, 11) is 1.61. The van der Waals surface area contributed by atoms with Crippen molar-refractivity contribution in [3.05, 3.63) is 65.9 Å². The average molecular weight is 449 g/mol. The van der Waals surface area contributed by atoms with Crippen LogP contribution < -0.4 is 10.1 Å². The van der Waals surface area contributed by atoms with Gasteiger partial charge in [-0.1, -0.05) is 18.2 Å². The van der Waals surface area contributed by atoms with Crippen LogP contribution in [0.15, 0.2) is 48.8 Å². The molecule has 0 spiro atoms. The summed E-state index contributed by atoms with van der Waals surface area (Å²) in [6.07, 6.45) is 3.70. The van der Waals surface area contributed by atoms with Crippen LogP contribution in [0.4, 0.5) is 0 Å². The second kappa shape index (κ2) is 10.6. The molecule has 4 aromatic rings. The van der Waals surface area contributed by atoms with Gasteiger partial charge in [0.25, 0.3) is 5.91 Å². The fourth-order valence-electron chi connectivity index (χ4n) is 3.11. The molecule has 11 heteroatoms. The Kier molecular flexibility index (Phi) is 7.12. The van der Waals surface area contributed by atoms with E-state index in [9.17, 15) is 4.79 Å². The first-order chi connectivity index (χ1) is 16.2. The standard InChI is InChI=1S/C22H23N7O4/c1-32-9-10-33-17-13-24-21(25-14-17)16-4-2-3-15(11-16)12-20-27-26-19-6-5-18(28-29(19)20)22(31)23-7-8-30/h2-6,11,13-14,30H,7-10,12H2,1H3,(H,23,31). The van der Waals surface area contributed by atoms with E-state index in [1.165, 1.54) is 0 Å². The highest BCUT2D eigenvalue weighted by Crippen LogP contribution is 2.19. The van der Waals surface area contributed by atoms with E-state index in [0.717, 1.165) is 11.1 Å². The maximum atomic E-state index is 12.2. The van der Waals surface area contributed by atoms with E-state index in [-0.39, 0.29) is 24.8 Å². The number of fused-ring (bicyclic) bond motifs is 1. The molecule has 3 aromatic heterocycles. The number of methoxy groups -OCH3 is 1. The van der Waals surface area contributed by atoms with Crippen LogP contribution in [-0.2, 0) is 11.2 Å². The highest BCUT2D eigenvalue weighted by atomic mass is 16.5. The molecule has 33 heavy (non-hydrogen) atoms. The van der Waals surface area contributed by atoms with E-state index in [1.54, 1.807) is 36.2 Å². The highest BCUT2D eigenvalue weighted by molar-refractivity contribution is 5.92. The molecule has 1 amide bonds. The van der Waals surface area contributed by atoms with Gasteiger partial charge < -0.3 is 19.9 Å². The van der Waals surface area contributed by atoms with Crippen LogP contribution >= 0.6 is 0 Å². The number of benzene rings is 1. The number of carbonyl (C=O) groups excluding carboxylic acids is 1. The van der Waals surface area contributed by atoms with E-state index < -0.39 is 0 Å². The molecule has 0 aliphatic heterocycles. The number of aromatic nitrogens is 6. The first-order valence-electron chi connectivity index (χ1n) is 10.3. The van der Waals surface area contributed by atoms with Crippen molar-refractivity contribution in [3.8, 4) is 17.1 Å². The van der Waals surface area contributed by atoms with Crippen LogP contribution in [0.5, 0.6) is 5.75 Å². The zero-order valence-electron chi connectivity index (χ0n) is 18.0. The largest absolute Gasteiger partial charge is 0.488 e. The summed E-state index contributed by atoms with van der Waals surface area (Å²) in [4.78, 5) is 20.9. The molecule has 0 atom stereocenters. The summed E-state index contributed by atoms with van der Waals surface area (Å²) in [6.45, 7) is 0.933. The number of nitrogens with zero attached hydrogens (tertiary/aromatic N) is 6. The number of hydrogen-bond donors (Lipinski definition) is 2. The summed E-state index contributed by atoms with van der Waals surface area (Å²) in [5, 5.41) is 24.2. The lowest BCUT2D eigenvalue weighted by Crippen LogP contribution is -2.27. The van der Waals surface area contributed by atoms with Crippen molar-refractivity contribution in [1.29, 1.82) is 0 Å². The van der Waals surface area contributed by atoms with Crippen LogP contribution in [-0.4, -0.2) is 74.3 Å². The van der Waals surface area contributed by atoms with Crippen molar-refractivity contribution in [3.63, 3.8) is 0 Å². The summed E-state index contributed by atoms with van der Waals surface area (Å²) in [5.41, 5.74) is 2.56. The zero-order valence-corrected chi connectivity index (χ0v) is 18.0. The van der Waals surface area contributed by atoms with Crippen molar-refractivity contribution in [2.75, 3.05) is 33.5 Å². The van der Waals surface area contributed by atoms with Gasteiger partial charge in [0.15, 0.2) is 23.0 Å². The molecule has 0 saturated heterocycles. The number of ether oxygens (including phenoxy) is 2. The molecule has 0 radical (unpaired) electrons. The number of hydrogen-bond acceptors (Lipinski definition) is 9. The topological polar surface area (TPSA) is 137 Å². The molecule has 0 unspecified atom stereocenters. The number of carbonyl (C=O) groups is 1. The van der Waals surface area contributed by atoms with Gasteiger partial charge in [-0.25, -0.2) is 9.97 Å². The molecule has 0 aliphatic carbocycles. The smallest absolute Gasteiger partial charge is 0.271 e.